The number of rotatable bonds is 10. The summed E-state index contributed by atoms with van der Waals surface area (Å²) in [4.78, 5) is 81.0. The molecular weight excluding hydrogens is 971 g/mol. The smallest absolute Gasteiger partial charge is 0.255 e. The summed E-state index contributed by atoms with van der Waals surface area (Å²) in [7, 11) is 0. The van der Waals surface area contributed by atoms with Crippen LogP contribution in [0.1, 0.15) is 109 Å². The highest BCUT2D eigenvalue weighted by molar-refractivity contribution is 6.06. The lowest BCUT2D eigenvalue weighted by atomic mass is 9.89. The summed E-state index contributed by atoms with van der Waals surface area (Å²) >= 11 is 0. The topological polar surface area (TPSA) is 208 Å². The van der Waals surface area contributed by atoms with Gasteiger partial charge in [-0.1, -0.05) is 25.0 Å². The van der Waals surface area contributed by atoms with E-state index >= 15 is 0 Å². The van der Waals surface area contributed by atoms with Crippen LogP contribution in [-0.2, 0) is 32.3 Å². The standard InChI is InChI=1S/C28H30FN3O5.C22H27N3O5.C6H5FO/c29-18-4-3-5-19(13-18)36-21-15-31(16-21)23-6-1-2-7-25(23)37-20-8-9-22-17(12-20)14-32(28(22)35)24-10-11-26(33)30-27(24)34;26-14-11-24(12-14)17-3-1-2-4-19(17)30-15-5-6-16-13(9-15)10-25(22(16)29)18-7-8-20(27)23-21(18)28;7-5-2-1-3-6(8)4-5/h3-5,8-9,12-13,21,23-25H,1-2,6-7,10-11,14-16H2,(H,30,33,34);5-6,9,14,17-19,26H,1-4,7-8,10-12H2,(H,23,27,28);1-4,8H/t23-,24?,25-;17-,18?,19-;/m00./s1. The van der Waals surface area contributed by atoms with Crippen LogP contribution in [0.3, 0.4) is 0 Å². The van der Waals surface area contributed by atoms with E-state index in [1.54, 1.807) is 34.1 Å². The van der Waals surface area contributed by atoms with E-state index in [0.29, 0.717) is 61.9 Å². The van der Waals surface area contributed by atoms with E-state index in [9.17, 15) is 42.7 Å². The molecule has 6 aliphatic heterocycles. The highest BCUT2D eigenvalue weighted by atomic mass is 19.1. The van der Waals surface area contributed by atoms with Crippen molar-refractivity contribution in [3.8, 4) is 23.0 Å². The second-order valence-corrected chi connectivity index (χ2v) is 20.7. The van der Waals surface area contributed by atoms with Crippen LogP contribution in [0.4, 0.5) is 8.78 Å². The van der Waals surface area contributed by atoms with Gasteiger partial charge in [0.1, 0.15) is 65.0 Å². The van der Waals surface area contributed by atoms with E-state index in [2.05, 4.69) is 20.4 Å². The molecule has 2 saturated carbocycles. The number of hydrogen-bond acceptors (Lipinski definition) is 13. The predicted octanol–water partition coefficient (Wildman–Crippen LogP) is 5.39. The zero-order valence-electron chi connectivity index (χ0n) is 41.5. The monoisotopic (exact) mass is 1030 g/mol. The Morgan fingerprint density at radius 2 is 0.987 bits per heavy atom. The first kappa shape index (κ1) is 51.5. The third-order valence-electron chi connectivity index (χ3n) is 15.5. The van der Waals surface area contributed by atoms with Crippen molar-refractivity contribution < 1.29 is 62.0 Å². The minimum atomic E-state index is -0.626. The molecule has 396 valence electrons. The number of benzene rings is 4. The minimum absolute atomic E-state index is 0.0327. The van der Waals surface area contributed by atoms with Crippen molar-refractivity contribution in [2.75, 3.05) is 26.2 Å². The molecule has 8 aliphatic rings. The van der Waals surface area contributed by atoms with Gasteiger partial charge in [-0.25, -0.2) is 8.78 Å². The number of hydrogen-bond donors (Lipinski definition) is 4. The Kier molecular flexibility index (Phi) is 15.4. The molecule has 0 bridgehead atoms. The average Bonchev–Trinajstić information content (AvgIpc) is 3.88. The molecule has 4 N–H and O–H groups in total. The Morgan fingerprint density at radius 3 is 1.44 bits per heavy atom. The van der Waals surface area contributed by atoms with Gasteiger partial charge in [-0.15, -0.1) is 0 Å². The molecule has 4 aromatic carbocycles. The molecule has 6 amide bonds. The number of aromatic hydroxyl groups is 1. The van der Waals surface area contributed by atoms with Gasteiger partial charge in [0.05, 0.1) is 6.10 Å². The molecule has 0 radical (unpaired) electrons. The number of phenolic OH excluding ortho intramolecular Hbond substituents is 1. The zero-order chi connectivity index (χ0) is 52.3. The highest BCUT2D eigenvalue weighted by Gasteiger charge is 2.43. The van der Waals surface area contributed by atoms with Crippen LogP contribution in [0.5, 0.6) is 23.0 Å². The normalized spacial score (nSPS) is 26.1. The maximum absolute atomic E-state index is 13.5. The van der Waals surface area contributed by atoms with Crippen molar-refractivity contribution >= 4 is 35.4 Å². The number of phenols is 1. The summed E-state index contributed by atoms with van der Waals surface area (Å²) in [6.45, 7) is 3.66. The van der Waals surface area contributed by atoms with Gasteiger partial charge in [0, 0.05) is 87.5 Å². The lowest BCUT2D eigenvalue weighted by molar-refractivity contribution is -0.138. The third-order valence-corrected chi connectivity index (χ3v) is 15.5. The van der Waals surface area contributed by atoms with Crippen LogP contribution in [0.2, 0.25) is 0 Å². The maximum Gasteiger partial charge on any atom is 0.255 e. The quantitative estimate of drug-likeness (QED) is 0.147. The lowest BCUT2D eigenvalue weighted by Crippen LogP contribution is -2.62. The number of piperidine rings is 2. The molecule has 4 aromatic rings. The van der Waals surface area contributed by atoms with Gasteiger partial charge in [-0.2, -0.15) is 0 Å². The van der Waals surface area contributed by atoms with Crippen molar-refractivity contribution in [2.45, 2.75) is 139 Å². The van der Waals surface area contributed by atoms with Crippen LogP contribution < -0.4 is 24.8 Å². The summed E-state index contributed by atoms with van der Waals surface area (Å²) in [5.74, 6) is -0.469. The minimum Gasteiger partial charge on any atom is -0.508 e. The summed E-state index contributed by atoms with van der Waals surface area (Å²) in [5.41, 5.74) is 2.87. The number of nitrogens with zero attached hydrogens (tertiary/aromatic N) is 4. The molecule has 6 heterocycles. The van der Waals surface area contributed by atoms with E-state index in [0.717, 1.165) is 86.7 Å². The van der Waals surface area contributed by atoms with Crippen LogP contribution in [-0.4, -0.2) is 140 Å². The molecule has 19 heteroatoms. The number of amides is 6. The number of halogens is 2. The Balaban J connectivity index is 0.000000151. The van der Waals surface area contributed by atoms with Crippen LogP contribution in [0.25, 0.3) is 0 Å². The molecule has 0 spiro atoms. The van der Waals surface area contributed by atoms with E-state index in [1.807, 2.05) is 24.3 Å². The second kappa shape index (κ2) is 22.5. The number of aliphatic hydroxyl groups excluding tert-OH is 1. The predicted molar refractivity (Wildman–Crippen MR) is 266 cm³/mol. The lowest BCUT2D eigenvalue weighted by Gasteiger charge is -2.47. The number of likely N-dealkylation sites (tertiary alicyclic amines) is 2. The van der Waals surface area contributed by atoms with Crippen molar-refractivity contribution in [2.24, 2.45) is 0 Å². The molecule has 6 atom stereocenters. The molecule has 4 saturated heterocycles. The van der Waals surface area contributed by atoms with E-state index in [-0.39, 0.29) is 78.5 Å². The van der Waals surface area contributed by atoms with Crippen molar-refractivity contribution in [3.05, 3.63) is 119 Å². The van der Waals surface area contributed by atoms with Gasteiger partial charge in [0.2, 0.25) is 23.6 Å². The number of aliphatic hydroxyl groups is 1. The molecule has 6 fully saturated rings. The van der Waals surface area contributed by atoms with Gasteiger partial charge < -0.3 is 34.2 Å². The Bertz CT molecular complexity index is 2810. The Labute approximate surface area is 433 Å². The molecule has 17 nitrogen and oxygen atoms in total. The first-order chi connectivity index (χ1) is 36.2. The molecule has 0 aromatic heterocycles. The summed E-state index contributed by atoms with van der Waals surface area (Å²) < 4.78 is 44.2. The zero-order valence-corrected chi connectivity index (χ0v) is 41.5. The van der Waals surface area contributed by atoms with Crippen LogP contribution in [0, 0.1) is 11.6 Å². The highest BCUT2D eigenvalue weighted by Crippen LogP contribution is 2.36. The van der Waals surface area contributed by atoms with Crippen LogP contribution >= 0.6 is 0 Å². The number of imide groups is 2. The van der Waals surface area contributed by atoms with Gasteiger partial charge in [-0.05, 0) is 123 Å². The number of fused-ring (bicyclic) bond motifs is 2. The van der Waals surface area contributed by atoms with E-state index < -0.39 is 29.7 Å². The number of ether oxygens (including phenoxy) is 3. The molecule has 2 aliphatic carbocycles. The Hall–Kier alpha value is -6.96. The number of nitrogens with one attached hydrogen (secondary N) is 2. The fourth-order valence-electron chi connectivity index (χ4n) is 11.6. The average molecular weight is 1030 g/mol. The number of β-amino-alcohol motifs (C(OH)–C–C–N with tert-alkyl or cyclic N) is 1. The van der Waals surface area contributed by atoms with Gasteiger partial charge in [0.25, 0.3) is 11.8 Å². The van der Waals surface area contributed by atoms with Crippen molar-refractivity contribution in [3.63, 3.8) is 0 Å². The summed E-state index contributed by atoms with van der Waals surface area (Å²) in [6.07, 6.45) is 9.72. The van der Waals surface area contributed by atoms with Gasteiger partial charge in [0.15, 0.2) is 0 Å². The van der Waals surface area contributed by atoms with Crippen LogP contribution in [0.15, 0.2) is 84.9 Å². The fraction of sp³-hybridized carbons (Fsp3) is 0.464. The second-order valence-electron chi connectivity index (χ2n) is 20.7. The SMILES string of the molecule is O=C1CCC(N2Cc3cc(O[C@H]4CCCC[C@@H]4N4CC(O)C4)ccc3C2=O)C(=O)N1.O=C1CCC(N2Cc3cc(O[C@H]4CCCC[C@@H]4N4CC(Oc5cccc(F)c5)C4)ccc3C2=O)C(=O)N1.Oc1cccc(F)c1. The number of carbonyl (C=O) groups excluding carboxylic acids is 6. The first-order valence-corrected chi connectivity index (χ1v) is 26.1. The Morgan fingerprint density at radius 1 is 0.520 bits per heavy atom. The molecular formula is C56H62F2N6O11. The fourth-order valence-corrected chi connectivity index (χ4v) is 11.6. The maximum atomic E-state index is 13.5. The first-order valence-electron chi connectivity index (χ1n) is 26.1. The van der Waals surface area contributed by atoms with E-state index in [1.165, 1.54) is 36.8 Å². The molecule has 2 unspecified atom stereocenters. The largest absolute Gasteiger partial charge is 0.508 e. The molecule has 75 heavy (non-hydrogen) atoms. The summed E-state index contributed by atoms with van der Waals surface area (Å²) in [6, 6.07) is 21.9. The van der Waals surface area contributed by atoms with Crippen molar-refractivity contribution in [1.82, 2.24) is 30.2 Å². The summed E-state index contributed by atoms with van der Waals surface area (Å²) in [5, 5.41) is 22.9. The van der Waals surface area contributed by atoms with E-state index in [4.69, 9.17) is 19.3 Å². The van der Waals surface area contributed by atoms with Gasteiger partial charge in [-0.3, -0.25) is 49.2 Å². The number of carbonyl (C=O) groups is 6. The van der Waals surface area contributed by atoms with Crippen molar-refractivity contribution in [1.29, 1.82) is 0 Å². The molecule has 12 rings (SSSR count). The van der Waals surface area contributed by atoms with Gasteiger partial charge >= 0.3 is 0 Å². The third kappa shape index (κ3) is 11.8.